The maximum absolute atomic E-state index is 13.4. The van der Waals surface area contributed by atoms with Crippen molar-refractivity contribution in [2.24, 2.45) is 5.92 Å². The minimum atomic E-state index is -0.281. The van der Waals surface area contributed by atoms with Crippen LogP contribution < -0.4 is 15.4 Å². The SMILES string of the molecule is CC(C)N1CC(c2ccccc2)(c2cc(CCOCCC(=O)N(CCNCCc3ccc(O)c4c3OCC(=O)N4)CC3CCCC3)ccc2O)C1. The van der Waals surface area contributed by atoms with Gasteiger partial charge in [-0.2, -0.15) is 0 Å². The fourth-order valence-electron chi connectivity index (χ4n) is 7.81. The highest BCUT2D eigenvalue weighted by Crippen LogP contribution is 2.45. The van der Waals surface area contributed by atoms with E-state index in [2.05, 4.69) is 59.7 Å². The van der Waals surface area contributed by atoms with E-state index in [4.69, 9.17) is 9.47 Å². The van der Waals surface area contributed by atoms with E-state index < -0.39 is 0 Å². The fourth-order valence-corrected chi connectivity index (χ4v) is 7.81. The van der Waals surface area contributed by atoms with Crippen LogP contribution in [0, 0.1) is 5.92 Å². The monoisotopic (exact) mass is 698 g/mol. The highest BCUT2D eigenvalue weighted by molar-refractivity contribution is 5.97. The van der Waals surface area contributed by atoms with Crippen LogP contribution in [-0.2, 0) is 32.6 Å². The summed E-state index contributed by atoms with van der Waals surface area (Å²) in [5.74, 6) is 1.24. The summed E-state index contributed by atoms with van der Waals surface area (Å²) in [5, 5.41) is 27.3. The molecule has 10 nitrogen and oxygen atoms in total. The molecule has 0 aromatic heterocycles. The van der Waals surface area contributed by atoms with Crippen LogP contribution in [0.4, 0.5) is 5.69 Å². The minimum Gasteiger partial charge on any atom is -0.508 e. The number of aromatic hydroxyl groups is 2. The molecule has 3 aliphatic rings. The van der Waals surface area contributed by atoms with Gasteiger partial charge in [0.15, 0.2) is 12.4 Å². The van der Waals surface area contributed by atoms with Crippen molar-refractivity contribution >= 4 is 17.5 Å². The molecule has 2 heterocycles. The van der Waals surface area contributed by atoms with Crippen molar-refractivity contribution in [2.75, 3.05) is 64.4 Å². The summed E-state index contributed by atoms with van der Waals surface area (Å²) >= 11 is 0. The number of ether oxygens (including phenoxy) is 2. The number of amides is 2. The van der Waals surface area contributed by atoms with Gasteiger partial charge in [0.1, 0.15) is 17.2 Å². The predicted octanol–water partition coefficient (Wildman–Crippen LogP) is 5.24. The summed E-state index contributed by atoms with van der Waals surface area (Å²) in [5.41, 5.74) is 4.31. The Balaban J connectivity index is 0.974. The van der Waals surface area contributed by atoms with Gasteiger partial charge in [0.05, 0.1) is 19.6 Å². The highest BCUT2D eigenvalue weighted by Gasteiger charge is 2.48. The third kappa shape index (κ3) is 8.86. The maximum atomic E-state index is 13.4. The van der Waals surface area contributed by atoms with Gasteiger partial charge in [0, 0.05) is 49.7 Å². The van der Waals surface area contributed by atoms with E-state index in [0.29, 0.717) is 81.3 Å². The number of carbonyl (C=O) groups excluding carboxylic acids is 2. The quantitative estimate of drug-likeness (QED) is 0.112. The lowest BCUT2D eigenvalue weighted by Crippen LogP contribution is -2.61. The molecule has 1 saturated carbocycles. The van der Waals surface area contributed by atoms with Gasteiger partial charge < -0.3 is 35.2 Å². The molecule has 3 aromatic rings. The van der Waals surface area contributed by atoms with Gasteiger partial charge >= 0.3 is 0 Å². The van der Waals surface area contributed by atoms with Gasteiger partial charge in [-0.05, 0) is 80.8 Å². The Kier molecular flexibility index (Phi) is 12.2. The molecule has 274 valence electrons. The number of hydrogen-bond acceptors (Lipinski definition) is 8. The molecule has 0 radical (unpaired) electrons. The molecule has 0 bridgehead atoms. The summed E-state index contributed by atoms with van der Waals surface area (Å²) < 4.78 is 11.6. The number of rotatable bonds is 17. The molecule has 2 amide bonds. The molecular weight excluding hydrogens is 644 g/mol. The Morgan fingerprint density at radius 2 is 1.78 bits per heavy atom. The topological polar surface area (TPSA) is 124 Å². The van der Waals surface area contributed by atoms with Gasteiger partial charge in [-0.1, -0.05) is 61.4 Å². The molecule has 1 saturated heterocycles. The third-order valence-electron chi connectivity index (χ3n) is 10.8. The number of hydrogen-bond donors (Lipinski definition) is 4. The second-order valence-corrected chi connectivity index (χ2v) is 14.7. The first-order valence-electron chi connectivity index (χ1n) is 18.7. The number of carbonyl (C=O) groups is 2. The third-order valence-corrected chi connectivity index (χ3v) is 10.8. The van der Waals surface area contributed by atoms with Crippen LogP contribution in [0.2, 0.25) is 0 Å². The normalized spacial score (nSPS) is 17.1. The van der Waals surface area contributed by atoms with E-state index >= 15 is 0 Å². The van der Waals surface area contributed by atoms with Crippen LogP contribution in [0.5, 0.6) is 17.2 Å². The van der Waals surface area contributed by atoms with Crippen molar-refractivity contribution < 1.29 is 29.3 Å². The van der Waals surface area contributed by atoms with E-state index in [9.17, 15) is 19.8 Å². The van der Waals surface area contributed by atoms with Crippen LogP contribution in [0.3, 0.4) is 0 Å². The van der Waals surface area contributed by atoms with Gasteiger partial charge in [-0.15, -0.1) is 0 Å². The molecule has 6 rings (SSSR count). The Morgan fingerprint density at radius 3 is 2.55 bits per heavy atom. The van der Waals surface area contributed by atoms with Crippen molar-refractivity contribution in [1.82, 2.24) is 15.1 Å². The number of phenolic OH excluding ortho intramolecular Hbond substituents is 2. The van der Waals surface area contributed by atoms with Gasteiger partial charge in [-0.3, -0.25) is 14.5 Å². The Morgan fingerprint density at radius 1 is 1.02 bits per heavy atom. The van der Waals surface area contributed by atoms with Crippen LogP contribution in [-0.4, -0.2) is 97.0 Å². The molecule has 4 N–H and O–H groups in total. The number of anilines is 1. The first kappa shape index (κ1) is 36.7. The van der Waals surface area contributed by atoms with E-state index in [0.717, 1.165) is 36.3 Å². The molecular formula is C41H54N4O6. The predicted molar refractivity (Wildman–Crippen MR) is 199 cm³/mol. The average Bonchev–Trinajstić information content (AvgIpc) is 3.63. The molecule has 2 fully saturated rings. The zero-order valence-corrected chi connectivity index (χ0v) is 30.2. The first-order chi connectivity index (χ1) is 24.7. The van der Waals surface area contributed by atoms with E-state index in [-0.39, 0.29) is 29.6 Å². The highest BCUT2D eigenvalue weighted by atomic mass is 16.5. The van der Waals surface area contributed by atoms with Gasteiger partial charge in [0.25, 0.3) is 5.91 Å². The molecule has 51 heavy (non-hydrogen) atoms. The second kappa shape index (κ2) is 16.9. The second-order valence-electron chi connectivity index (χ2n) is 14.7. The van der Waals surface area contributed by atoms with Crippen LogP contribution in [0.1, 0.15) is 68.2 Å². The van der Waals surface area contributed by atoms with Crippen molar-refractivity contribution in [3.8, 4) is 17.2 Å². The van der Waals surface area contributed by atoms with Crippen molar-refractivity contribution in [3.05, 3.63) is 82.9 Å². The number of benzene rings is 3. The van der Waals surface area contributed by atoms with Crippen LogP contribution >= 0.6 is 0 Å². The summed E-state index contributed by atoms with van der Waals surface area (Å²) in [7, 11) is 0. The lowest BCUT2D eigenvalue weighted by atomic mass is 9.67. The zero-order valence-electron chi connectivity index (χ0n) is 30.2. The number of nitrogens with zero attached hydrogens (tertiary/aromatic N) is 2. The average molecular weight is 699 g/mol. The molecule has 2 aliphatic heterocycles. The van der Waals surface area contributed by atoms with Crippen molar-refractivity contribution in [3.63, 3.8) is 0 Å². The number of likely N-dealkylation sites (tertiary alicyclic amines) is 1. The lowest BCUT2D eigenvalue weighted by molar-refractivity contribution is -0.133. The number of fused-ring (bicyclic) bond motifs is 1. The van der Waals surface area contributed by atoms with Crippen LogP contribution in [0.15, 0.2) is 60.7 Å². The Bertz CT molecular complexity index is 1630. The standard InChI is InChI=1S/C41H54N4O6/c1-29(2)45-27-41(28-45,33-10-4-3-5-11-33)34-24-30(12-14-35(34)46)17-22-50-23-18-38(49)44(25-31-8-6-7-9-31)21-20-42-19-16-32-13-15-36(47)39-40(32)51-26-37(48)43-39/h3-5,10-15,24,29,31,42,46-47H,6-9,16-23,25-28H2,1-2H3,(H,43,48). The van der Waals surface area contributed by atoms with Crippen molar-refractivity contribution in [1.29, 1.82) is 0 Å². The molecule has 10 heteroatoms. The molecule has 0 spiro atoms. The number of nitrogens with one attached hydrogen (secondary N) is 2. The fraction of sp³-hybridized carbons (Fsp3) is 0.512. The summed E-state index contributed by atoms with van der Waals surface area (Å²) in [4.78, 5) is 29.6. The molecule has 0 unspecified atom stereocenters. The van der Waals surface area contributed by atoms with Crippen LogP contribution in [0.25, 0.3) is 0 Å². The minimum absolute atomic E-state index is 0.00619. The summed E-state index contributed by atoms with van der Waals surface area (Å²) in [6, 6.07) is 20.3. The van der Waals surface area contributed by atoms with Crippen molar-refractivity contribution in [2.45, 2.75) is 70.3 Å². The van der Waals surface area contributed by atoms with E-state index in [1.54, 1.807) is 6.07 Å². The van der Waals surface area contributed by atoms with E-state index in [1.807, 2.05) is 29.2 Å². The van der Waals surface area contributed by atoms with Gasteiger partial charge in [0.2, 0.25) is 5.91 Å². The Hall–Kier alpha value is -4.12. The molecule has 0 atom stereocenters. The largest absolute Gasteiger partial charge is 0.508 e. The van der Waals surface area contributed by atoms with Gasteiger partial charge in [-0.25, -0.2) is 0 Å². The smallest absolute Gasteiger partial charge is 0.262 e. The molecule has 3 aromatic carbocycles. The summed E-state index contributed by atoms with van der Waals surface area (Å²) in [6.07, 6.45) is 6.52. The number of phenols is 2. The Labute approximate surface area is 302 Å². The molecule has 1 aliphatic carbocycles. The summed E-state index contributed by atoms with van der Waals surface area (Å²) in [6.45, 7) is 9.73. The maximum Gasteiger partial charge on any atom is 0.262 e. The lowest BCUT2D eigenvalue weighted by Gasteiger charge is -2.53. The first-order valence-corrected chi connectivity index (χ1v) is 18.7. The van der Waals surface area contributed by atoms with E-state index in [1.165, 1.54) is 31.2 Å². The zero-order chi connectivity index (χ0) is 35.8.